The number of nitrogens with zero attached hydrogens (tertiary/aromatic N) is 1. The van der Waals surface area contributed by atoms with Crippen LogP contribution in [0.3, 0.4) is 0 Å². The maximum Gasteiger partial charge on any atom is 0.278 e. The predicted octanol–water partition coefficient (Wildman–Crippen LogP) is 1.68. The van der Waals surface area contributed by atoms with Crippen molar-refractivity contribution in [1.29, 1.82) is 0 Å². The molecule has 0 amide bonds. The van der Waals surface area contributed by atoms with Crippen molar-refractivity contribution < 1.29 is 11.7 Å². The zero-order valence-corrected chi connectivity index (χ0v) is 4.22. The first-order valence-corrected chi connectivity index (χ1v) is 3.07. The Morgan fingerprint density at radius 1 is 1.14 bits per heavy atom. The quantitative estimate of drug-likeness (QED) is 0.489. The summed E-state index contributed by atoms with van der Waals surface area (Å²) in [6, 6.07) is 0. The summed E-state index contributed by atoms with van der Waals surface area (Å²) in [5.41, 5.74) is 0. The monoisotopic (exact) mass is 131 g/mol. The van der Waals surface area contributed by atoms with E-state index in [2.05, 4.69) is 0 Å². The van der Waals surface area contributed by atoms with Crippen LogP contribution >= 0.6 is 11.4 Å². The molecule has 1 heterocycles. The average Bonchev–Trinajstić information content (AvgIpc) is 1.99. The molecule has 0 N–H and O–H groups in total. The summed E-state index contributed by atoms with van der Waals surface area (Å²) >= 11 is -4.80. The van der Waals surface area contributed by atoms with E-state index in [-0.39, 0.29) is 13.1 Å². The van der Waals surface area contributed by atoms with E-state index in [0.717, 1.165) is 0 Å². The summed E-state index contributed by atoms with van der Waals surface area (Å²) in [5.74, 6) is 0. The highest BCUT2D eigenvalue weighted by Crippen LogP contribution is 2.59. The van der Waals surface area contributed by atoms with Crippen LogP contribution in [0.25, 0.3) is 0 Å². The topological polar surface area (TPSA) is 3.01 Å². The van der Waals surface area contributed by atoms with E-state index in [0.29, 0.717) is 4.31 Å². The highest BCUT2D eigenvalue weighted by Gasteiger charge is 2.39. The maximum absolute atomic E-state index is 11.2. The molecule has 7 heavy (non-hydrogen) atoms. The van der Waals surface area contributed by atoms with Gasteiger partial charge >= 0.3 is 0 Å². The molecule has 0 unspecified atom stereocenters. The molecule has 0 aromatic rings. The Balaban J connectivity index is 2.36. The Hall–Kier alpha value is 0.1000. The second kappa shape index (κ2) is 1.29. The van der Waals surface area contributed by atoms with Gasteiger partial charge in [0.1, 0.15) is 0 Å². The lowest BCUT2D eigenvalue weighted by molar-refractivity contribution is 0.564. The van der Waals surface area contributed by atoms with E-state index in [9.17, 15) is 11.7 Å². The molecule has 5 heteroatoms. The van der Waals surface area contributed by atoms with Crippen LogP contribution in [0.2, 0.25) is 0 Å². The van der Waals surface area contributed by atoms with E-state index in [1.807, 2.05) is 0 Å². The molecule has 1 saturated heterocycles. The number of hydrogen-bond acceptors (Lipinski definition) is 1. The van der Waals surface area contributed by atoms with Crippen LogP contribution in [-0.4, -0.2) is 17.4 Å². The maximum atomic E-state index is 11.2. The lowest BCUT2D eigenvalue weighted by Gasteiger charge is -2.07. The number of hydrogen-bond donors (Lipinski definition) is 0. The van der Waals surface area contributed by atoms with Crippen LogP contribution in [-0.2, 0) is 0 Å². The first-order chi connectivity index (χ1) is 3.11. The zero-order valence-electron chi connectivity index (χ0n) is 3.40. The van der Waals surface area contributed by atoms with Crippen LogP contribution in [0.5, 0.6) is 0 Å². The van der Waals surface area contributed by atoms with Gasteiger partial charge < -0.3 is 0 Å². The lowest BCUT2D eigenvalue weighted by Crippen LogP contribution is -1.88. The van der Waals surface area contributed by atoms with Crippen molar-refractivity contribution >= 4 is 11.4 Å². The Morgan fingerprint density at radius 3 is 1.57 bits per heavy atom. The van der Waals surface area contributed by atoms with Crippen LogP contribution in [0, 0.1) is 0 Å². The molecular formula is C2H4F3NS. The Morgan fingerprint density at radius 2 is 1.57 bits per heavy atom. The lowest BCUT2D eigenvalue weighted by atomic mass is 11.0. The van der Waals surface area contributed by atoms with E-state index >= 15 is 0 Å². The molecule has 44 valence electrons. The van der Waals surface area contributed by atoms with Crippen LogP contribution in [0.4, 0.5) is 11.7 Å². The minimum atomic E-state index is -4.80. The minimum absolute atomic E-state index is 0.221. The summed E-state index contributed by atoms with van der Waals surface area (Å²) < 4.78 is 34.3. The molecule has 0 bridgehead atoms. The molecule has 0 atom stereocenters. The van der Waals surface area contributed by atoms with Gasteiger partial charge in [0.25, 0.3) is 11.4 Å². The molecule has 0 aromatic heterocycles. The first kappa shape index (κ1) is 5.24. The molecular weight excluding hydrogens is 127 g/mol. The van der Waals surface area contributed by atoms with Crippen LogP contribution in [0.15, 0.2) is 0 Å². The van der Waals surface area contributed by atoms with E-state index in [4.69, 9.17) is 0 Å². The SMILES string of the molecule is FS(F)(F)N1CC1. The predicted molar refractivity (Wildman–Crippen MR) is 22.5 cm³/mol. The van der Waals surface area contributed by atoms with Gasteiger partial charge in [-0.25, -0.2) is 0 Å². The van der Waals surface area contributed by atoms with Gasteiger partial charge in [0.05, 0.1) is 0 Å². The van der Waals surface area contributed by atoms with Crippen molar-refractivity contribution in [2.45, 2.75) is 0 Å². The van der Waals surface area contributed by atoms with Gasteiger partial charge in [-0.3, -0.25) is 0 Å². The van der Waals surface area contributed by atoms with Gasteiger partial charge in [-0.2, -0.15) is 4.31 Å². The third-order valence-corrected chi connectivity index (χ3v) is 1.65. The van der Waals surface area contributed by atoms with Crippen molar-refractivity contribution in [3.05, 3.63) is 0 Å². The summed E-state index contributed by atoms with van der Waals surface area (Å²) in [6.45, 7) is 0.442. The summed E-state index contributed by atoms with van der Waals surface area (Å²) in [6.07, 6.45) is 0. The van der Waals surface area contributed by atoms with Gasteiger partial charge in [-0.1, -0.05) is 0 Å². The highest BCUT2D eigenvalue weighted by atomic mass is 32.3. The fourth-order valence-electron chi connectivity index (χ4n) is 0.248. The zero-order chi connectivity index (χ0) is 5.49. The van der Waals surface area contributed by atoms with Gasteiger partial charge in [-0.05, 0) is 0 Å². The standard InChI is InChI=1S/C2H4F3NS/c3-7(4,5)6-1-2-6/h1-2H2. The molecule has 0 saturated carbocycles. The Labute approximate surface area is 41.4 Å². The average molecular weight is 131 g/mol. The van der Waals surface area contributed by atoms with Gasteiger partial charge in [0.15, 0.2) is 0 Å². The molecule has 0 spiro atoms. The van der Waals surface area contributed by atoms with Crippen LogP contribution < -0.4 is 0 Å². The fraction of sp³-hybridized carbons (Fsp3) is 1.00. The molecule has 1 aliphatic rings. The van der Waals surface area contributed by atoms with E-state index in [1.54, 1.807) is 0 Å². The van der Waals surface area contributed by atoms with Gasteiger partial charge in [0.2, 0.25) is 0 Å². The van der Waals surface area contributed by atoms with E-state index < -0.39 is 11.4 Å². The highest BCUT2D eigenvalue weighted by molar-refractivity contribution is 8.19. The Bertz CT molecular complexity index is 75.5. The fourth-order valence-corrected chi connectivity index (χ4v) is 0.744. The third kappa shape index (κ3) is 1.24. The van der Waals surface area contributed by atoms with Crippen molar-refractivity contribution in [2.75, 3.05) is 13.1 Å². The van der Waals surface area contributed by atoms with Crippen molar-refractivity contribution in [1.82, 2.24) is 4.31 Å². The van der Waals surface area contributed by atoms with Crippen molar-refractivity contribution in [3.8, 4) is 0 Å². The van der Waals surface area contributed by atoms with Gasteiger partial charge in [0, 0.05) is 13.1 Å². The van der Waals surface area contributed by atoms with Gasteiger partial charge in [-0.15, -0.1) is 11.7 Å². The number of halogens is 3. The van der Waals surface area contributed by atoms with Crippen LogP contribution in [0.1, 0.15) is 0 Å². The second-order valence-corrected chi connectivity index (χ2v) is 2.59. The molecule has 1 aliphatic heterocycles. The molecule has 0 radical (unpaired) electrons. The second-order valence-electron chi connectivity index (χ2n) is 1.31. The minimum Gasteiger partial charge on any atom is -0.190 e. The normalized spacial score (nSPS) is 25.0. The molecule has 1 nitrogen and oxygen atoms in total. The largest absolute Gasteiger partial charge is 0.278 e. The summed E-state index contributed by atoms with van der Waals surface area (Å²) in [7, 11) is 0. The molecule has 1 rings (SSSR count). The summed E-state index contributed by atoms with van der Waals surface area (Å²) in [4.78, 5) is 0. The summed E-state index contributed by atoms with van der Waals surface area (Å²) in [5, 5.41) is 0. The molecule has 1 fully saturated rings. The smallest absolute Gasteiger partial charge is 0.190 e. The Kier molecular flexibility index (Phi) is 0.964. The van der Waals surface area contributed by atoms with Crippen molar-refractivity contribution in [2.24, 2.45) is 0 Å². The molecule has 0 aliphatic carbocycles. The molecule has 0 aromatic carbocycles. The first-order valence-electron chi connectivity index (χ1n) is 1.78. The van der Waals surface area contributed by atoms with Crippen molar-refractivity contribution in [3.63, 3.8) is 0 Å². The third-order valence-electron chi connectivity index (χ3n) is 0.699. The van der Waals surface area contributed by atoms with E-state index in [1.165, 1.54) is 0 Å². The number of rotatable bonds is 1.